The Hall–Kier alpha value is -1.32. The Morgan fingerprint density at radius 3 is 3.27 bits per heavy atom. The van der Waals surface area contributed by atoms with Crippen LogP contribution in [-0.4, -0.2) is 21.8 Å². The van der Waals surface area contributed by atoms with Gasteiger partial charge in [-0.3, -0.25) is 9.20 Å². The van der Waals surface area contributed by atoms with Gasteiger partial charge in [0.15, 0.2) is 10.7 Å². The van der Waals surface area contributed by atoms with Gasteiger partial charge in [0.25, 0.3) is 5.91 Å². The minimum Gasteiger partial charge on any atom is -0.340 e. The first-order chi connectivity index (χ1) is 7.24. The summed E-state index contributed by atoms with van der Waals surface area (Å²) < 4.78 is 2.45. The summed E-state index contributed by atoms with van der Waals surface area (Å²) in [5.74, 6) is 2.07. The number of terminal acetylenes is 1. The first-order valence-corrected chi connectivity index (χ1v) is 5.74. The van der Waals surface area contributed by atoms with Crippen molar-refractivity contribution in [2.45, 2.75) is 0 Å². The fraction of sp³-hybridized carbons (Fsp3) is 0.111. The maximum atomic E-state index is 11.6. The van der Waals surface area contributed by atoms with Crippen LogP contribution < -0.4 is 5.32 Å². The van der Waals surface area contributed by atoms with Crippen molar-refractivity contribution >= 4 is 38.1 Å². The van der Waals surface area contributed by atoms with Crippen LogP contribution in [-0.2, 0) is 0 Å². The highest BCUT2D eigenvalue weighted by atomic mass is 79.9. The predicted octanol–water partition coefficient (Wildman–Crippen LogP) is 1.52. The van der Waals surface area contributed by atoms with Crippen LogP contribution in [0.1, 0.15) is 10.5 Å². The van der Waals surface area contributed by atoms with Crippen molar-refractivity contribution in [3.8, 4) is 12.3 Å². The van der Waals surface area contributed by atoms with Gasteiger partial charge in [0.2, 0.25) is 0 Å². The molecule has 1 amide bonds. The molecule has 2 heterocycles. The third kappa shape index (κ3) is 1.76. The third-order valence-electron chi connectivity index (χ3n) is 1.77. The van der Waals surface area contributed by atoms with E-state index in [-0.39, 0.29) is 12.5 Å². The summed E-state index contributed by atoms with van der Waals surface area (Å²) >= 11 is 4.78. The van der Waals surface area contributed by atoms with Crippen LogP contribution in [0.15, 0.2) is 16.2 Å². The molecule has 0 saturated carbocycles. The molecule has 0 aliphatic heterocycles. The molecule has 1 N–H and O–H groups in total. The molecule has 0 aliphatic carbocycles. The van der Waals surface area contributed by atoms with E-state index in [0.29, 0.717) is 10.3 Å². The number of rotatable bonds is 2. The number of hydrogen-bond acceptors (Lipinski definition) is 3. The van der Waals surface area contributed by atoms with Gasteiger partial charge in [-0.2, -0.15) is 0 Å². The van der Waals surface area contributed by atoms with Gasteiger partial charge in [0, 0.05) is 11.6 Å². The maximum absolute atomic E-state index is 11.6. The Labute approximate surface area is 98.4 Å². The van der Waals surface area contributed by atoms with Gasteiger partial charge in [-0.25, -0.2) is 4.98 Å². The van der Waals surface area contributed by atoms with E-state index >= 15 is 0 Å². The highest BCUT2D eigenvalue weighted by molar-refractivity contribution is 9.10. The lowest BCUT2D eigenvalue weighted by Crippen LogP contribution is -2.24. The number of hydrogen-bond donors (Lipinski definition) is 1. The van der Waals surface area contributed by atoms with Gasteiger partial charge in [0.1, 0.15) is 4.60 Å². The zero-order valence-corrected chi connectivity index (χ0v) is 9.93. The average Bonchev–Trinajstić information content (AvgIpc) is 2.78. The summed E-state index contributed by atoms with van der Waals surface area (Å²) in [6, 6.07) is 0. The van der Waals surface area contributed by atoms with Gasteiger partial charge in [-0.15, -0.1) is 17.8 Å². The number of carbonyl (C=O) groups is 1. The molecule has 6 heteroatoms. The molecule has 0 fully saturated rings. The molecule has 0 spiro atoms. The Balaban J connectivity index is 2.35. The van der Waals surface area contributed by atoms with E-state index in [1.165, 1.54) is 11.3 Å². The molecule has 76 valence electrons. The highest BCUT2D eigenvalue weighted by Gasteiger charge is 2.16. The standard InChI is InChI=1S/C9H6BrN3OS/c1-2-3-11-8(14)6-7(10)13-4-5-15-9(13)12-6/h1,4-5H,3H2,(H,11,14). The summed E-state index contributed by atoms with van der Waals surface area (Å²) in [7, 11) is 0. The number of nitrogens with one attached hydrogen (secondary N) is 1. The molecule has 2 rings (SSSR count). The second kappa shape index (κ2) is 4.04. The SMILES string of the molecule is C#CCNC(=O)c1nc2sccn2c1Br. The van der Waals surface area contributed by atoms with Crippen LogP contribution in [0.25, 0.3) is 4.96 Å². The number of amides is 1. The van der Waals surface area contributed by atoms with E-state index < -0.39 is 0 Å². The number of imidazole rings is 1. The zero-order chi connectivity index (χ0) is 10.8. The normalized spacial score (nSPS) is 10.1. The number of thiazole rings is 1. The van der Waals surface area contributed by atoms with Crippen LogP contribution in [0, 0.1) is 12.3 Å². The summed E-state index contributed by atoms with van der Waals surface area (Å²) in [5.41, 5.74) is 0.358. The van der Waals surface area contributed by atoms with Crippen molar-refractivity contribution in [1.29, 1.82) is 0 Å². The molecule has 0 atom stereocenters. The van der Waals surface area contributed by atoms with Crippen LogP contribution in [0.5, 0.6) is 0 Å². The molecule has 4 nitrogen and oxygen atoms in total. The van der Waals surface area contributed by atoms with E-state index in [1.807, 2.05) is 11.6 Å². The maximum Gasteiger partial charge on any atom is 0.273 e. The quantitative estimate of drug-likeness (QED) is 0.850. The van der Waals surface area contributed by atoms with E-state index in [4.69, 9.17) is 6.42 Å². The van der Waals surface area contributed by atoms with E-state index in [2.05, 4.69) is 32.2 Å². The second-order valence-corrected chi connectivity index (χ2v) is 4.32. The molecule has 0 aromatic carbocycles. The van der Waals surface area contributed by atoms with Crippen LogP contribution >= 0.6 is 27.3 Å². The molecular formula is C9H6BrN3OS. The van der Waals surface area contributed by atoms with Crippen molar-refractivity contribution in [3.05, 3.63) is 21.9 Å². The number of carbonyl (C=O) groups excluding carboxylic acids is 1. The zero-order valence-electron chi connectivity index (χ0n) is 7.53. The Morgan fingerprint density at radius 2 is 2.60 bits per heavy atom. The Bertz CT molecular complexity index is 551. The van der Waals surface area contributed by atoms with E-state index in [0.717, 1.165) is 4.96 Å². The molecule has 0 radical (unpaired) electrons. The summed E-state index contributed by atoms with van der Waals surface area (Å²) in [6.45, 7) is 0.205. The van der Waals surface area contributed by atoms with Gasteiger partial charge in [-0.05, 0) is 15.9 Å². The Morgan fingerprint density at radius 1 is 1.80 bits per heavy atom. The molecular weight excluding hydrogens is 278 g/mol. The topological polar surface area (TPSA) is 46.4 Å². The van der Waals surface area contributed by atoms with Crippen molar-refractivity contribution in [2.24, 2.45) is 0 Å². The average molecular weight is 284 g/mol. The number of nitrogens with zero attached hydrogens (tertiary/aromatic N) is 2. The monoisotopic (exact) mass is 283 g/mol. The van der Waals surface area contributed by atoms with Gasteiger partial charge in [-0.1, -0.05) is 5.92 Å². The molecule has 15 heavy (non-hydrogen) atoms. The first-order valence-electron chi connectivity index (χ1n) is 4.06. The van der Waals surface area contributed by atoms with E-state index in [1.54, 1.807) is 4.40 Å². The van der Waals surface area contributed by atoms with Gasteiger partial charge >= 0.3 is 0 Å². The van der Waals surface area contributed by atoms with Crippen molar-refractivity contribution in [3.63, 3.8) is 0 Å². The molecule has 0 unspecified atom stereocenters. The number of aromatic nitrogens is 2. The summed E-state index contributed by atoms with van der Waals surface area (Å²) in [6.07, 6.45) is 6.89. The van der Waals surface area contributed by atoms with Crippen molar-refractivity contribution in [1.82, 2.24) is 14.7 Å². The van der Waals surface area contributed by atoms with Gasteiger partial charge in [0.05, 0.1) is 6.54 Å². The first kappa shape index (κ1) is 10.2. The molecule has 2 aromatic heterocycles. The fourth-order valence-electron chi connectivity index (χ4n) is 1.12. The second-order valence-electron chi connectivity index (χ2n) is 2.69. The van der Waals surface area contributed by atoms with Gasteiger partial charge < -0.3 is 5.32 Å². The summed E-state index contributed by atoms with van der Waals surface area (Å²) in [4.78, 5) is 16.5. The smallest absolute Gasteiger partial charge is 0.273 e. The molecule has 2 aromatic rings. The minimum absolute atomic E-state index is 0.205. The number of fused-ring (bicyclic) bond motifs is 1. The van der Waals surface area contributed by atoms with Crippen LogP contribution in [0.4, 0.5) is 0 Å². The largest absolute Gasteiger partial charge is 0.340 e. The predicted molar refractivity (Wildman–Crippen MR) is 61.9 cm³/mol. The summed E-state index contributed by atoms with van der Waals surface area (Å²) in [5, 5.41) is 4.46. The van der Waals surface area contributed by atoms with Crippen LogP contribution in [0.2, 0.25) is 0 Å². The molecule has 0 aliphatic rings. The molecule has 0 bridgehead atoms. The van der Waals surface area contributed by atoms with E-state index in [9.17, 15) is 4.79 Å². The minimum atomic E-state index is -0.268. The third-order valence-corrected chi connectivity index (χ3v) is 3.28. The number of halogens is 1. The lowest BCUT2D eigenvalue weighted by molar-refractivity contribution is 0.0953. The van der Waals surface area contributed by atoms with Crippen molar-refractivity contribution in [2.75, 3.05) is 6.54 Å². The lowest BCUT2D eigenvalue weighted by Gasteiger charge is -1.97. The Kier molecular flexibility index (Phi) is 2.75. The van der Waals surface area contributed by atoms with Crippen LogP contribution in [0.3, 0.4) is 0 Å². The molecule has 0 saturated heterocycles. The lowest BCUT2D eigenvalue weighted by atomic mass is 10.4. The fourth-order valence-corrected chi connectivity index (χ4v) is 2.50. The highest BCUT2D eigenvalue weighted by Crippen LogP contribution is 2.21. The van der Waals surface area contributed by atoms with Crippen molar-refractivity contribution < 1.29 is 4.79 Å².